The predicted octanol–water partition coefficient (Wildman–Crippen LogP) is 3.95. The largest absolute Gasteiger partial charge is 0.497 e. The van der Waals surface area contributed by atoms with E-state index < -0.39 is 0 Å². The Labute approximate surface area is 164 Å². The number of hydrogen-bond acceptors (Lipinski definition) is 5. The highest BCUT2D eigenvalue weighted by Crippen LogP contribution is 2.19. The van der Waals surface area contributed by atoms with Crippen LogP contribution in [0, 0.1) is 6.92 Å². The average molecular weight is 377 g/mol. The van der Waals surface area contributed by atoms with Crippen LogP contribution in [0.2, 0.25) is 0 Å². The van der Waals surface area contributed by atoms with E-state index in [0.717, 1.165) is 22.7 Å². The molecule has 3 rings (SSSR count). The third-order valence-corrected chi connectivity index (χ3v) is 4.15. The van der Waals surface area contributed by atoms with Crippen LogP contribution in [0.4, 0.5) is 11.5 Å². The highest BCUT2D eigenvalue weighted by molar-refractivity contribution is 5.94. The first-order chi connectivity index (χ1) is 13.7. The van der Waals surface area contributed by atoms with Gasteiger partial charge in [0, 0.05) is 11.9 Å². The molecule has 0 unspecified atom stereocenters. The number of aryl methyl sites for hydroxylation is 1. The lowest BCUT2D eigenvalue weighted by molar-refractivity contribution is 0.0946. The molecule has 0 fully saturated rings. The van der Waals surface area contributed by atoms with Crippen LogP contribution in [0.1, 0.15) is 15.9 Å². The molecule has 0 saturated heterocycles. The van der Waals surface area contributed by atoms with Crippen molar-refractivity contribution in [1.82, 2.24) is 10.3 Å². The smallest absolute Gasteiger partial charge is 0.252 e. The number of carbonyl (C=O) groups is 1. The zero-order chi connectivity index (χ0) is 19.8. The molecule has 2 N–H and O–H groups in total. The van der Waals surface area contributed by atoms with Crippen molar-refractivity contribution >= 4 is 17.4 Å². The second-order valence-corrected chi connectivity index (χ2v) is 6.15. The third-order valence-electron chi connectivity index (χ3n) is 4.15. The number of hydrogen-bond donors (Lipinski definition) is 2. The van der Waals surface area contributed by atoms with Crippen molar-refractivity contribution in [2.24, 2.45) is 0 Å². The molecule has 0 aliphatic heterocycles. The number of aromatic nitrogens is 1. The topological polar surface area (TPSA) is 72.5 Å². The molecule has 0 aliphatic rings. The minimum Gasteiger partial charge on any atom is -0.497 e. The Bertz CT molecular complexity index is 909. The number of methoxy groups -OCH3 is 1. The van der Waals surface area contributed by atoms with Crippen LogP contribution in [0.15, 0.2) is 66.9 Å². The number of anilines is 2. The van der Waals surface area contributed by atoms with Gasteiger partial charge < -0.3 is 20.1 Å². The summed E-state index contributed by atoms with van der Waals surface area (Å²) in [5.74, 6) is 2.00. The normalized spacial score (nSPS) is 10.2. The van der Waals surface area contributed by atoms with Gasteiger partial charge in [-0.05, 0) is 55.0 Å². The molecule has 6 nitrogen and oxygen atoms in total. The zero-order valence-electron chi connectivity index (χ0n) is 15.9. The summed E-state index contributed by atoms with van der Waals surface area (Å²) in [5.41, 5.74) is 2.62. The van der Waals surface area contributed by atoms with Gasteiger partial charge in [0.15, 0.2) is 0 Å². The van der Waals surface area contributed by atoms with Crippen LogP contribution in [0.5, 0.6) is 11.5 Å². The van der Waals surface area contributed by atoms with Gasteiger partial charge in [-0.2, -0.15) is 0 Å². The van der Waals surface area contributed by atoms with Gasteiger partial charge in [0.05, 0.1) is 19.2 Å². The molecule has 28 heavy (non-hydrogen) atoms. The molecule has 1 heterocycles. The minimum atomic E-state index is -0.187. The first-order valence-electron chi connectivity index (χ1n) is 8.99. The summed E-state index contributed by atoms with van der Waals surface area (Å²) in [5, 5.41) is 6.07. The van der Waals surface area contributed by atoms with E-state index in [0.29, 0.717) is 24.5 Å². The van der Waals surface area contributed by atoms with Gasteiger partial charge in [0.2, 0.25) is 0 Å². The van der Waals surface area contributed by atoms with Gasteiger partial charge >= 0.3 is 0 Å². The number of carbonyl (C=O) groups excluding carboxylic acids is 1. The lowest BCUT2D eigenvalue weighted by atomic mass is 10.2. The summed E-state index contributed by atoms with van der Waals surface area (Å²) in [6.07, 6.45) is 1.56. The van der Waals surface area contributed by atoms with Crippen LogP contribution in [0.3, 0.4) is 0 Å². The number of para-hydroxylation sites is 1. The van der Waals surface area contributed by atoms with Crippen LogP contribution < -0.4 is 20.1 Å². The quantitative estimate of drug-likeness (QED) is 0.582. The van der Waals surface area contributed by atoms with E-state index >= 15 is 0 Å². The zero-order valence-corrected chi connectivity index (χ0v) is 15.9. The highest BCUT2D eigenvalue weighted by Gasteiger charge is 2.06. The summed E-state index contributed by atoms with van der Waals surface area (Å²) in [6, 6.07) is 18.8. The van der Waals surface area contributed by atoms with Gasteiger partial charge in [-0.25, -0.2) is 4.98 Å². The van der Waals surface area contributed by atoms with Crippen molar-refractivity contribution in [2.45, 2.75) is 6.92 Å². The minimum absolute atomic E-state index is 0.187. The Hall–Kier alpha value is -3.54. The lowest BCUT2D eigenvalue weighted by Crippen LogP contribution is -2.28. The van der Waals surface area contributed by atoms with Crippen LogP contribution >= 0.6 is 0 Å². The predicted molar refractivity (Wildman–Crippen MR) is 110 cm³/mol. The number of pyridine rings is 1. The number of ether oxygens (including phenoxy) is 2. The van der Waals surface area contributed by atoms with Crippen molar-refractivity contribution < 1.29 is 14.3 Å². The summed E-state index contributed by atoms with van der Waals surface area (Å²) in [7, 11) is 1.62. The monoisotopic (exact) mass is 377 g/mol. The molecule has 1 amide bonds. The van der Waals surface area contributed by atoms with E-state index in [1.54, 1.807) is 25.4 Å². The van der Waals surface area contributed by atoms with Crippen molar-refractivity contribution in [2.75, 3.05) is 25.6 Å². The molecule has 0 bridgehead atoms. The Morgan fingerprint density at radius 1 is 1.00 bits per heavy atom. The third kappa shape index (κ3) is 5.23. The molecular weight excluding hydrogens is 354 g/mol. The Balaban J connectivity index is 1.45. The number of nitrogens with zero attached hydrogens (tertiary/aromatic N) is 1. The van der Waals surface area contributed by atoms with Crippen molar-refractivity contribution in [3.8, 4) is 11.5 Å². The maximum atomic E-state index is 12.2. The molecule has 0 spiro atoms. The number of benzene rings is 2. The van der Waals surface area contributed by atoms with Gasteiger partial charge in [-0.15, -0.1) is 0 Å². The molecular formula is C22H23N3O3. The molecule has 0 atom stereocenters. The molecule has 0 saturated carbocycles. The highest BCUT2D eigenvalue weighted by atomic mass is 16.5. The van der Waals surface area contributed by atoms with Gasteiger partial charge in [-0.1, -0.05) is 18.2 Å². The average Bonchev–Trinajstić information content (AvgIpc) is 2.73. The summed E-state index contributed by atoms with van der Waals surface area (Å²) in [6.45, 7) is 2.80. The first kappa shape index (κ1) is 19.2. The molecule has 2 aromatic carbocycles. The number of rotatable bonds is 8. The second kappa shape index (κ2) is 9.41. The van der Waals surface area contributed by atoms with Gasteiger partial charge in [-0.3, -0.25) is 4.79 Å². The Kier molecular flexibility index (Phi) is 6.46. The van der Waals surface area contributed by atoms with E-state index in [1.165, 1.54) is 0 Å². The summed E-state index contributed by atoms with van der Waals surface area (Å²) >= 11 is 0. The van der Waals surface area contributed by atoms with Crippen LogP contribution in [-0.4, -0.2) is 31.2 Å². The fraction of sp³-hybridized carbons (Fsp3) is 0.182. The molecule has 144 valence electrons. The van der Waals surface area contributed by atoms with E-state index in [1.807, 2.05) is 55.5 Å². The summed E-state index contributed by atoms with van der Waals surface area (Å²) < 4.78 is 10.7. The van der Waals surface area contributed by atoms with Gasteiger partial charge in [0.1, 0.15) is 23.9 Å². The van der Waals surface area contributed by atoms with Crippen LogP contribution in [-0.2, 0) is 0 Å². The van der Waals surface area contributed by atoms with Gasteiger partial charge in [0.25, 0.3) is 5.91 Å². The maximum Gasteiger partial charge on any atom is 0.252 e. The summed E-state index contributed by atoms with van der Waals surface area (Å²) in [4.78, 5) is 16.5. The van der Waals surface area contributed by atoms with E-state index in [-0.39, 0.29) is 5.91 Å². The second-order valence-electron chi connectivity index (χ2n) is 6.15. The van der Waals surface area contributed by atoms with Crippen molar-refractivity contribution in [3.63, 3.8) is 0 Å². The Morgan fingerprint density at radius 2 is 1.75 bits per heavy atom. The number of amides is 1. The fourth-order valence-electron chi connectivity index (χ4n) is 2.56. The van der Waals surface area contributed by atoms with E-state index in [9.17, 15) is 4.79 Å². The molecule has 1 aromatic heterocycles. The SMILES string of the molecule is COc1ccc(OCCNC(=O)c2ccc(Nc3ccccc3C)nc2)cc1. The van der Waals surface area contributed by atoms with Crippen LogP contribution in [0.25, 0.3) is 0 Å². The maximum absolute atomic E-state index is 12.2. The molecule has 3 aromatic rings. The molecule has 0 aliphatic carbocycles. The van der Waals surface area contributed by atoms with E-state index in [2.05, 4.69) is 15.6 Å². The number of nitrogens with one attached hydrogen (secondary N) is 2. The first-order valence-corrected chi connectivity index (χ1v) is 8.99. The van der Waals surface area contributed by atoms with Crippen molar-refractivity contribution in [1.29, 1.82) is 0 Å². The Morgan fingerprint density at radius 3 is 2.43 bits per heavy atom. The van der Waals surface area contributed by atoms with Crippen molar-refractivity contribution in [3.05, 3.63) is 78.0 Å². The molecule has 6 heteroatoms. The van der Waals surface area contributed by atoms with E-state index in [4.69, 9.17) is 9.47 Å². The molecule has 0 radical (unpaired) electrons. The lowest BCUT2D eigenvalue weighted by Gasteiger charge is -2.10. The standard InChI is InChI=1S/C22H23N3O3/c1-16-5-3-4-6-20(16)25-21-12-7-17(15-24-21)22(26)23-13-14-28-19-10-8-18(27-2)9-11-19/h3-12,15H,13-14H2,1-2H3,(H,23,26)(H,24,25). The fourth-order valence-corrected chi connectivity index (χ4v) is 2.56.